The minimum absolute atomic E-state index is 0.425. The van der Waals surface area contributed by atoms with Gasteiger partial charge in [-0.15, -0.1) is 0 Å². The summed E-state index contributed by atoms with van der Waals surface area (Å²) in [5.41, 5.74) is 0.425. The Morgan fingerprint density at radius 1 is 1.11 bits per heavy atom. The highest BCUT2D eigenvalue weighted by atomic mass is 15.2. The molecule has 1 unspecified atom stereocenters. The summed E-state index contributed by atoms with van der Waals surface area (Å²) in [4.78, 5) is 2.82. The standard InChI is InChI=1S/C17H34N2/c1-4-11-18-16(14-15-9-10-15)17(5-2,6-3)19-12-7-8-13-19/h15-16,18H,4-14H2,1-3H3. The van der Waals surface area contributed by atoms with Crippen LogP contribution in [0, 0.1) is 5.92 Å². The highest BCUT2D eigenvalue weighted by Gasteiger charge is 2.43. The van der Waals surface area contributed by atoms with Gasteiger partial charge >= 0.3 is 0 Å². The van der Waals surface area contributed by atoms with E-state index >= 15 is 0 Å². The Labute approximate surface area is 120 Å². The van der Waals surface area contributed by atoms with E-state index in [1.54, 1.807) is 0 Å². The molecule has 1 atom stereocenters. The third-order valence-electron chi connectivity index (χ3n) is 5.52. The number of rotatable bonds is 9. The molecule has 1 saturated carbocycles. The summed E-state index contributed by atoms with van der Waals surface area (Å²) in [5.74, 6) is 1.02. The molecule has 19 heavy (non-hydrogen) atoms. The third-order valence-corrected chi connectivity index (χ3v) is 5.52. The molecule has 0 radical (unpaired) electrons. The molecule has 2 heteroatoms. The molecule has 0 aromatic heterocycles. The first kappa shape index (κ1) is 15.3. The molecule has 0 aromatic rings. The van der Waals surface area contributed by atoms with Crippen LogP contribution in [0.15, 0.2) is 0 Å². The van der Waals surface area contributed by atoms with E-state index in [1.807, 2.05) is 0 Å². The van der Waals surface area contributed by atoms with E-state index in [-0.39, 0.29) is 0 Å². The van der Waals surface area contributed by atoms with Crippen LogP contribution in [0.3, 0.4) is 0 Å². The number of hydrogen-bond acceptors (Lipinski definition) is 2. The van der Waals surface area contributed by atoms with Gasteiger partial charge in [-0.25, -0.2) is 0 Å². The average Bonchev–Trinajstić information content (AvgIpc) is 3.08. The summed E-state index contributed by atoms with van der Waals surface area (Å²) >= 11 is 0. The van der Waals surface area contributed by atoms with Crippen LogP contribution in [-0.2, 0) is 0 Å². The molecule has 1 aliphatic heterocycles. The van der Waals surface area contributed by atoms with Crippen molar-refractivity contribution in [3.05, 3.63) is 0 Å². The van der Waals surface area contributed by atoms with Crippen molar-refractivity contribution in [1.29, 1.82) is 0 Å². The number of likely N-dealkylation sites (tertiary alicyclic amines) is 1. The van der Waals surface area contributed by atoms with E-state index < -0.39 is 0 Å². The predicted molar refractivity (Wildman–Crippen MR) is 83.5 cm³/mol. The second-order valence-corrected chi connectivity index (χ2v) is 6.69. The van der Waals surface area contributed by atoms with Crippen molar-refractivity contribution in [3.63, 3.8) is 0 Å². The zero-order valence-corrected chi connectivity index (χ0v) is 13.4. The molecule has 1 saturated heterocycles. The van der Waals surface area contributed by atoms with Gasteiger partial charge in [-0.05, 0) is 64.1 Å². The minimum Gasteiger partial charge on any atom is -0.312 e. The lowest BCUT2D eigenvalue weighted by Gasteiger charge is -2.47. The number of hydrogen-bond donors (Lipinski definition) is 1. The first-order valence-electron chi connectivity index (χ1n) is 8.75. The van der Waals surface area contributed by atoms with Crippen molar-refractivity contribution >= 4 is 0 Å². The minimum atomic E-state index is 0.425. The first-order chi connectivity index (χ1) is 9.26. The van der Waals surface area contributed by atoms with E-state index in [1.165, 1.54) is 71.0 Å². The Morgan fingerprint density at radius 3 is 2.21 bits per heavy atom. The Morgan fingerprint density at radius 2 is 1.74 bits per heavy atom. The summed E-state index contributed by atoms with van der Waals surface area (Å²) in [7, 11) is 0. The van der Waals surface area contributed by atoms with E-state index in [2.05, 4.69) is 31.0 Å². The Hall–Kier alpha value is -0.0800. The van der Waals surface area contributed by atoms with Crippen molar-refractivity contribution in [2.45, 2.75) is 83.7 Å². The van der Waals surface area contributed by atoms with E-state index in [0.717, 1.165) is 5.92 Å². The van der Waals surface area contributed by atoms with Crippen molar-refractivity contribution in [2.24, 2.45) is 5.92 Å². The van der Waals surface area contributed by atoms with Crippen molar-refractivity contribution in [3.8, 4) is 0 Å². The molecule has 0 bridgehead atoms. The molecule has 1 heterocycles. The van der Waals surface area contributed by atoms with Crippen LogP contribution in [0.1, 0.15) is 72.1 Å². The normalized spacial score (nSPS) is 22.9. The van der Waals surface area contributed by atoms with Gasteiger partial charge in [-0.1, -0.05) is 33.6 Å². The lowest BCUT2D eigenvalue weighted by molar-refractivity contribution is 0.0564. The van der Waals surface area contributed by atoms with Gasteiger partial charge in [-0.2, -0.15) is 0 Å². The summed E-state index contributed by atoms with van der Waals surface area (Å²) in [6.45, 7) is 11.0. The fourth-order valence-electron chi connectivity index (χ4n) is 4.07. The zero-order valence-electron chi connectivity index (χ0n) is 13.4. The summed E-state index contributed by atoms with van der Waals surface area (Å²) < 4.78 is 0. The van der Waals surface area contributed by atoms with Gasteiger partial charge in [0.1, 0.15) is 0 Å². The van der Waals surface area contributed by atoms with Crippen molar-refractivity contribution in [1.82, 2.24) is 10.2 Å². The molecule has 1 N–H and O–H groups in total. The monoisotopic (exact) mass is 266 g/mol. The van der Waals surface area contributed by atoms with Gasteiger partial charge in [0.05, 0.1) is 0 Å². The smallest absolute Gasteiger partial charge is 0.0357 e. The Kier molecular flexibility index (Phi) is 5.70. The second-order valence-electron chi connectivity index (χ2n) is 6.69. The first-order valence-corrected chi connectivity index (χ1v) is 8.75. The predicted octanol–water partition coefficient (Wildman–Crippen LogP) is 3.81. The number of nitrogens with one attached hydrogen (secondary N) is 1. The SMILES string of the molecule is CCCNC(CC1CC1)C(CC)(CC)N1CCCC1. The molecule has 2 aliphatic rings. The fourth-order valence-corrected chi connectivity index (χ4v) is 4.07. The van der Waals surface area contributed by atoms with Gasteiger partial charge < -0.3 is 5.32 Å². The molecule has 2 fully saturated rings. The maximum atomic E-state index is 3.92. The molecule has 1 aliphatic carbocycles. The van der Waals surface area contributed by atoms with Crippen LogP contribution < -0.4 is 5.32 Å². The van der Waals surface area contributed by atoms with Crippen molar-refractivity contribution < 1.29 is 0 Å². The highest BCUT2D eigenvalue weighted by Crippen LogP contribution is 2.40. The van der Waals surface area contributed by atoms with E-state index in [9.17, 15) is 0 Å². The molecular formula is C17H34N2. The Bertz CT molecular complexity index is 250. The molecule has 0 aromatic carbocycles. The summed E-state index contributed by atoms with van der Waals surface area (Å²) in [5, 5.41) is 3.92. The molecular weight excluding hydrogens is 232 g/mol. The maximum Gasteiger partial charge on any atom is 0.0357 e. The summed E-state index contributed by atoms with van der Waals surface area (Å²) in [6, 6.07) is 0.716. The van der Waals surface area contributed by atoms with E-state index in [4.69, 9.17) is 0 Å². The second kappa shape index (κ2) is 7.08. The molecule has 112 valence electrons. The quantitative estimate of drug-likeness (QED) is 0.683. The van der Waals surface area contributed by atoms with Gasteiger partial charge in [0.2, 0.25) is 0 Å². The van der Waals surface area contributed by atoms with Gasteiger partial charge in [-0.3, -0.25) is 4.90 Å². The van der Waals surface area contributed by atoms with Crippen LogP contribution in [0.4, 0.5) is 0 Å². The molecule has 0 spiro atoms. The summed E-state index contributed by atoms with van der Waals surface area (Å²) in [6.07, 6.45) is 11.1. The largest absolute Gasteiger partial charge is 0.312 e. The van der Waals surface area contributed by atoms with Crippen LogP contribution in [0.2, 0.25) is 0 Å². The molecule has 2 nitrogen and oxygen atoms in total. The van der Waals surface area contributed by atoms with Gasteiger partial charge in [0.15, 0.2) is 0 Å². The van der Waals surface area contributed by atoms with Crippen LogP contribution >= 0.6 is 0 Å². The molecule has 2 rings (SSSR count). The van der Waals surface area contributed by atoms with Gasteiger partial charge in [0, 0.05) is 11.6 Å². The Balaban J connectivity index is 2.09. The van der Waals surface area contributed by atoms with E-state index in [0.29, 0.717) is 11.6 Å². The average molecular weight is 266 g/mol. The van der Waals surface area contributed by atoms with Crippen LogP contribution in [0.25, 0.3) is 0 Å². The van der Waals surface area contributed by atoms with Crippen LogP contribution in [-0.4, -0.2) is 36.1 Å². The number of nitrogens with zero attached hydrogens (tertiary/aromatic N) is 1. The maximum absolute atomic E-state index is 3.92. The van der Waals surface area contributed by atoms with Gasteiger partial charge in [0.25, 0.3) is 0 Å². The lowest BCUT2D eigenvalue weighted by Crippen LogP contribution is -2.60. The topological polar surface area (TPSA) is 15.3 Å². The van der Waals surface area contributed by atoms with Crippen LogP contribution in [0.5, 0.6) is 0 Å². The fraction of sp³-hybridized carbons (Fsp3) is 1.00. The third kappa shape index (κ3) is 3.52. The highest BCUT2D eigenvalue weighted by molar-refractivity contribution is 5.02. The lowest BCUT2D eigenvalue weighted by atomic mass is 9.80. The molecule has 0 amide bonds. The van der Waals surface area contributed by atoms with Crippen molar-refractivity contribution in [2.75, 3.05) is 19.6 Å². The zero-order chi connectivity index (χ0) is 13.7.